The first-order chi connectivity index (χ1) is 5.90. The summed E-state index contributed by atoms with van der Waals surface area (Å²) in [5.41, 5.74) is -0.353. The molecule has 0 unspecified atom stereocenters. The van der Waals surface area contributed by atoms with Gasteiger partial charge in [0.25, 0.3) is 0 Å². The number of carbonyl (C=O) groups is 1. The number of hydrogen-bond donors (Lipinski definition) is 1. The highest BCUT2D eigenvalue weighted by Crippen LogP contribution is 2.06. The molecule has 5 heteroatoms. The van der Waals surface area contributed by atoms with Crippen molar-refractivity contribution in [2.75, 3.05) is 0 Å². The molecule has 13 heavy (non-hydrogen) atoms. The highest BCUT2D eigenvalue weighted by atomic mass is 16.3. The standard InChI is InChI=1S/C8H12N3O2/c1-8(2,3)10-7(13)11-5-4-9-6(11)12/h4-5H,1-3H3,(H,10,13). The Kier molecular flexibility index (Phi) is 2.27. The molecule has 1 radical (unpaired) electrons. The number of hydrogen-bond acceptors (Lipinski definition) is 2. The Hall–Kier alpha value is -1.52. The molecular formula is C8H12N3O2. The fraction of sp³-hybridized carbons (Fsp3) is 0.500. The Morgan fingerprint density at radius 3 is 2.54 bits per heavy atom. The maximum atomic E-state index is 11.4. The number of amides is 1. The molecule has 0 saturated carbocycles. The maximum Gasteiger partial charge on any atom is 0.355 e. The van der Waals surface area contributed by atoms with Crippen LogP contribution in [0.2, 0.25) is 0 Å². The lowest BCUT2D eigenvalue weighted by Crippen LogP contribution is -2.42. The second-order valence-corrected chi connectivity index (χ2v) is 3.76. The second-order valence-electron chi connectivity index (χ2n) is 3.76. The lowest BCUT2D eigenvalue weighted by atomic mass is 10.1. The highest BCUT2D eigenvalue weighted by molar-refractivity contribution is 5.78. The minimum atomic E-state index is -0.554. The summed E-state index contributed by atoms with van der Waals surface area (Å²) >= 11 is 0. The normalized spacial score (nSPS) is 11.3. The van der Waals surface area contributed by atoms with Gasteiger partial charge < -0.3 is 5.32 Å². The van der Waals surface area contributed by atoms with Crippen LogP contribution in [0.5, 0.6) is 6.01 Å². The van der Waals surface area contributed by atoms with Crippen molar-refractivity contribution in [1.29, 1.82) is 0 Å². The number of nitrogens with zero attached hydrogens (tertiary/aromatic N) is 2. The number of aromatic nitrogens is 2. The predicted octanol–water partition coefficient (Wildman–Crippen LogP) is 1.38. The van der Waals surface area contributed by atoms with E-state index >= 15 is 0 Å². The molecule has 0 saturated heterocycles. The van der Waals surface area contributed by atoms with Gasteiger partial charge >= 0.3 is 12.0 Å². The molecular weight excluding hydrogens is 170 g/mol. The van der Waals surface area contributed by atoms with E-state index in [1.54, 1.807) is 0 Å². The molecule has 0 bridgehead atoms. The molecule has 0 spiro atoms. The summed E-state index contributed by atoms with van der Waals surface area (Å²) in [5, 5.41) is 13.6. The van der Waals surface area contributed by atoms with Crippen LogP contribution in [0.3, 0.4) is 0 Å². The molecule has 1 N–H and O–H groups in total. The molecule has 0 aliphatic carbocycles. The van der Waals surface area contributed by atoms with Crippen LogP contribution < -0.4 is 5.32 Å². The number of rotatable bonds is 0. The minimum absolute atomic E-state index is 0.353. The van der Waals surface area contributed by atoms with E-state index < -0.39 is 12.0 Å². The average molecular weight is 182 g/mol. The van der Waals surface area contributed by atoms with Gasteiger partial charge in [0.05, 0.1) is 0 Å². The topological polar surface area (TPSA) is 66.8 Å². The molecule has 71 valence electrons. The molecule has 0 fully saturated rings. The zero-order valence-electron chi connectivity index (χ0n) is 7.87. The smallest absolute Gasteiger partial charge is 0.333 e. The van der Waals surface area contributed by atoms with Gasteiger partial charge in [0.15, 0.2) is 0 Å². The Morgan fingerprint density at radius 2 is 2.15 bits per heavy atom. The molecule has 1 heterocycles. The summed E-state index contributed by atoms with van der Waals surface area (Å²) in [7, 11) is 0. The Labute approximate surface area is 76.4 Å². The third-order valence-electron chi connectivity index (χ3n) is 1.31. The van der Waals surface area contributed by atoms with Crippen LogP contribution in [0, 0.1) is 0 Å². The van der Waals surface area contributed by atoms with Gasteiger partial charge in [-0.25, -0.2) is 14.5 Å². The van der Waals surface area contributed by atoms with Crippen LogP contribution in [0.4, 0.5) is 4.79 Å². The third kappa shape index (κ3) is 2.47. The number of nitrogens with one attached hydrogen (secondary N) is 1. The first kappa shape index (κ1) is 9.57. The zero-order chi connectivity index (χ0) is 10.1. The van der Waals surface area contributed by atoms with Crippen molar-refractivity contribution in [3.8, 4) is 6.01 Å². The summed E-state index contributed by atoms with van der Waals surface area (Å²) in [6, 6.07) is -1.00. The van der Waals surface area contributed by atoms with E-state index in [0.717, 1.165) is 4.57 Å². The van der Waals surface area contributed by atoms with Crippen LogP contribution in [-0.4, -0.2) is 21.1 Å². The van der Waals surface area contributed by atoms with E-state index in [1.807, 2.05) is 20.8 Å². The van der Waals surface area contributed by atoms with Crippen molar-refractivity contribution >= 4 is 6.03 Å². The van der Waals surface area contributed by atoms with Gasteiger partial charge in [0.1, 0.15) is 0 Å². The maximum absolute atomic E-state index is 11.4. The van der Waals surface area contributed by atoms with Crippen molar-refractivity contribution in [1.82, 2.24) is 14.9 Å². The summed E-state index contributed by atoms with van der Waals surface area (Å²) in [6.45, 7) is 5.52. The summed E-state index contributed by atoms with van der Waals surface area (Å²) in [6.07, 6.45) is 2.63. The highest BCUT2D eigenvalue weighted by Gasteiger charge is 2.17. The van der Waals surface area contributed by atoms with Gasteiger partial charge in [-0.1, -0.05) is 0 Å². The molecule has 1 rings (SSSR count). The van der Waals surface area contributed by atoms with Gasteiger partial charge in [0, 0.05) is 17.9 Å². The predicted molar refractivity (Wildman–Crippen MR) is 46.0 cm³/mol. The van der Waals surface area contributed by atoms with Gasteiger partial charge in [-0.2, -0.15) is 4.98 Å². The fourth-order valence-electron chi connectivity index (χ4n) is 0.825. The first-order valence-corrected chi connectivity index (χ1v) is 3.93. The van der Waals surface area contributed by atoms with Gasteiger partial charge in [-0.05, 0) is 20.8 Å². The van der Waals surface area contributed by atoms with Crippen molar-refractivity contribution < 1.29 is 9.90 Å². The van der Waals surface area contributed by atoms with Crippen molar-refractivity contribution in [3.63, 3.8) is 0 Å². The quantitative estimate of drug-likeness (QED) is 0.658. The molecule has 1 aromatic rings. The van der Waals surface area contributed by atoms with E-state index in [9.17, 15) is 9.90 Å². The molecule has 0 aliphatic rings. The molecule has 0 atom stereocenters. The van der Waals surface area contributed by atoms with Crippen LogP contribution in [0.1, 0.15) is 20.8 Å². The molecule has 1 aromatic heterocycles. The number of imidazole rings is 1. The lowest BCUT2D eigenvalue weighted by molar-refractivity contribution is 0.225. The Balaban J connectivity index is 2.76. The zero-order valence-corrected chi connectivity index (χ0v) is 7.87. The molecule has 1 amide bonds. The largest absolute Gasteiger partial charge is 0.355 e. The van der Waals surface area contributed by atoms with E-state index in [0.29, 0.717) is 0 Å². The molecule has 0 aliphatic heterocycles. The first-order valence-electron chi connectivity index (χ1n) is 3.93. The van der Waals surface area contributed by atoms with Crippen LogP contribution >= 0.6 is 0 Å². The molecule has 0 aromatic carbocycles. The van der Waals surface area contributed by atoms with Crippen molar-refractivity contribution in [2.45, 2.75) is 26.3 Å². The van der Waals surface area contributed by atoms with Crippen LogP contribution in [0.25, 0.3) is 0 Å². The van der Waals surface area contributed by atoms with Crippen molar-refractivity contribution in [3.05, 3.63) is 12.4 Å². The summed E-state index contributed by atoms with van der Waals surface area (Å²) in [4.78, 5) is 14.8. The fourth-order valence-corrected chi connectivity index (χ4v) is 0.825. The van der Waals surface area contributed by atoms with E-state index in [1.165, 1.54) is 12.4 Å². The van der Waals surface area contributed by atoms with Gasteiger partial charge in [0.2, 0.25) is 0 Å². The van der Waals surface area contributed by atoms with Crippen molar-refractivity contribution in [2.24, 2.45) is 0 Å². The van der Waals surface area contributed by atoms with Gasteiger partial charge in [-0.15, -0.1) is 0 Å². The SMILES string of the molecule is CC(C)(C)NC(=O)n1ccnc1[O]. The summed E-state index contributed by atoms with van der Waals surface area (Å²) in [5.74, 6) is 0. The molecule has 5 nitrogen and oxygen atoms in total. The third-order valence-corrected chi connectivity index (χ3v) is 1.31. The Bertz CT molecular complexity index is 311. The van der Waals surface area contributed by atoms with E-state index in [-0.39, 0.29) is 5.54 Å². The minimum Gasteiger partial charge on any atom is -0.333 e. The number of carbonyl (C=O) groups excluding carboxylic acids is 1. The van der Waals surface area contributed by atoms with E-state index in [2.05, 4.69) is 10.3 Å². The van der Waals surface area contributed by atoms with Crippen LogP contribution in [-0.2, 0) is 5.11 Å². The van der Waals surface area contributed by atoms with Gasteiger partial charge in [-0.3, -0.25) is 0 Å². The average Bonchev–Trinajstić information content (AvgIpc) is 2.30. The lowest BCUT2D eigenvalue weighted by Gasteiger charge is -2.20. The van der Waals surface area contributed by atoms with Crippen LogP contribution in [0.15, 0.2) is 12.4 Å². The monoisotopic (exact) mass is 182 g/mol. The Morgan fingerprint density at radius 1 is 1.54 bits per heavy atom. The summed E-state index contributed by atoms with van der Waals surface area (Å²) < 4.78 is 0.936. The van der Waals surface area contributed by atoms with E-state index in [4.69, 9.17) is 0 Å². The second kappa shape index (κ2) is 3.08.